The summed E-state index contributed by atoms with van der Waals surface area (Å²) in [5.41, 5.74) is 7.10. The molecule has 1 fully saturated rings. The maximum absolute atomic E-state index is 12.9. The first-order valence-corrected chi connectivity index (χ1v) is 7.76. The lowest BCUT2D eigenvalue weighted by Gasteiger charge is -2.20. The predicted molar refractivity (Wildman–Crippen MR) is 87.2 cm³/mol. The molecule has 0 aliphatic heterocycles. The van der Waals surface area contributed by atoms with Gasteiger partial charge in [0.15, 0.2) is 5.78 Å². The fourth-order valence-corrected chi connectivity index (χ4v) is 3.32. The smallest absolute Gasteiger partial charge is 0.281 e. The van der Waals surface area contributed by atoms with Gasteiger partial charge in [-0.3, -0.25) is 19.7 Å². The molecule has 0 unspecified atom stereocenters. The van der Waals surface area contributed by atoms with Gasteiger partial charge in [-0.25, -0.2) is 0 Å². The molecule has 120 valence electrons. The van der Waals surface area contributed by atoms with Crippen LogP contribution in [0, 0.1) is 16.0 Å². The maximum Gasteiger partial charge on any atom is 0.281 e. The van der Waals surface area contributed by atoms with Gasteiger partial charge in [0.25, 0.3) is 5.69 Å². The van der Waals surface area contributed by atoms with Crippen molar-refractivity contribution in [2.45, 2.75) is 19.3 Å². The highest BCUT2D eigenvalue weighted by Crippen LogP contribution is 2.38. The fourth-order valence-electron chi connectivity index (χ4n) is 3.32. The van der Waals surface area contributed by atoms with Crippen LogP contribution in [0.2, 0.25) is 0 Å². The lowest BCUT2D eigenvalue weighted by Crippen LogP contribution is -2.24. The van der Waals surface area contributed by atoms with Gasteiger partial charge in [0.2, 0.25) is 5.78 Å². The molecule has 2 aliphatic rings. The minimum absolute atomic E-state index is 0.0448. The number of anilines is 1. The fraction of sp³-hybridized carbons (Fsp3) is 0.222. The highest BCUT2D eigenvalue weighted by Gasteiger charge is 2.37. The molecule has 2 aliphatic carbocycles. The Hall–Kier alpha value is -3.02. The third kappa shape index (κ3) is 2.11. The van der Waals surface area contributed by atoms with Crippen LogP contribution < -0.4 is 5.73 Å². The molecule has 2 aromatic rings. The summed E-state index contributed by atoms with van der Waals surface area (Å²) in [6, 6.07) is 7.49. The summed E-state index contributed by atoms with van der Waals surface area (Å²) >= 11 is 0. The molecule has 0 saturated heterocycles. The van der Waals surface area contributed by atoms with Crippen LogP contribution in [0.1, 0.15) is 50.2 Å². The van der Waals surface area contributed by atoms with E-state index in [2.05, 4.69) is 0 Å². The second kappa shape index (κ2) is 4.99. The quantitative estimate of drug-likeness (QED) is 0.453. The van der Waals surface area contributed by atoms with E-state index in [9.17, 15) is 19.7 Å². The highest BCUT2D eigenvalue weighted by atomic mass is 16.6. The van der Waals surface area contributed by atoms with E-state index in [0.717, 1.165) is 24.8 Å². The number of nitrogens with two attached hydrogens (primary N) is 1. The summed E-state index contributed by atoms with van der Waals surface area (Å²) in [5, 5.41) is 11.2. The molecule has 0 atom stereocenters. The Morgan fingerprint density at radius 2 is 1.79 bits per heavy atom. The van der Waals surface area contributed by atoms with Crippen LogP contribution in [0.25, 0.3) is 0 Å². The zero-order valence-electron chi connectivity index (χ0n) is 12.7. The van der Waals surface area contributed by atoms with Gasteiger partial charge in [0, 0.05) is 22.9 Å². The molecule has 0 aromatic heterocycles. The van der Waals surface area contributed by atoms with Gasteiger partial charge in [-0.1, -0.05) is 6.07 Å². The van der Waals surface area contributed by atoms with E-state index in [1.54, 1.807) is 12.1 Å². The summed E-state index contributed by atoms with van der Waals surface area (Å²) in [6.07, 6.45) is 3.11. The number of nitro groups is 1. The van der Waals surface area contributed by atoms with Crippen molar-refractivity contribution in [3.63, 3.8) is 0 Å². The molecule has 6 heteroatoms. The minimum Gasteiger partial charge on any atom is -0.398 e. The van der Waals surface area contributed by atoms with E-state index < -0.39 is 16.5 Å². The summed E-state index contributed by atoms with van der Waals surface area (Å²) in [6.45, 7) is 0. The second-order valence-corrected chi connectivity index (χ2v) is 6.37. The number of nitrogen functional groups attached to an aromatic ring is 1. The maximum atomic E-state index is 12.9. The summed E-state index contributed by atoms with van der Waals surface area (Å²) in [4.78, 5) is 36.2. The topological polar surface area (TPSA) is 103 Å². The zero-order chi connectivity index (χ0) is 17.0. The van der Waals surface area contributed by atoms with Crippen LogP contribution in [0.15, 0.2) is 30.3 Å². The molecule has 1 saturated carbocycles. The Balaban J connectivity index is 1.92. The second-order valence-electron chi connectivity index (χ2n) is 6.37. The molecule has 0 amide bonds. The zero-order valence-corrected chi connectivity index (χ0v) is 12.7. The Kier molecular flexibility index (Phi) is 3.03. The van der Waals surface area contributed by atoms with Crippen LogP contribution in [-0.4, -0.2) is 16.5 Å². The number of nitro benzene ring substituents is 1. The SMILES string of the molecule is Nc1cc(CC2CC2)cc2c1C(=O)c1cccc([N+](=O)[O-])c1C2=O. The number of nitrogens with zero attached hydrogens (tertiary/aromatic N) is 1. The third-order valence-electron chi connectivity index (χ3n) is 4.63. The molecule has 0 bridgehead atoms. The molecule has 2 aromatic carbocycles. The summed E-state index contributed by atoms with van der Waals surface area (Å²) < 4.78 is 0. The van der Waals surface area contributed by atoms with Crippen molar-refractivity contribution in [2.75, 3.05) is 5.73 Å². The average molecular weight is 322 g/mol. The van der Waals surface area contributed by atoms with Gasteiger partial charge in [-0.15, -0.1) is 0 Å². The predicted octanol–water partition coefficient (Wildman–Crippen LogP) is 2.90. The van der Waals surface area contributed by atoms with Crippen molar-refractivity contribution in [3.8, 4) is 0 Å². The Morgan fingerprint density at radius 3 is 2.46 bits per heavy atom. The van der Waals surface area contributed by atoms with Gasteiger partial charge in [-0.05, 0) is 48.9 Å². The van der Waals surface area contributed by atoms with Crippen molar-refractivity contribution in [1.29, 1.82) is 0 Å². The van der Waals surface area contributed by atoms with Crippen LogP contribution in [0.5, 0.6) is 0 Å². The first-order valence-electron chi connectivity index (χ1n) is 7.76. The number of fused-ring (bicyclic) bond motifs is 2. The average Bonchev–Trinajstić information content (AvgIpc) is 3.35. The first kappa shape index (κ1) is 14.6. The number of hydrogen-bond donors (Lipinski definition) is 1. The minimum atomic E-state index is -0.633. The lowest BCUT2D eigenvalue weighted by atomic mass is 9.81. The molecule has 24 heavy (non-hydrogen) atoms. The van der Waals surface area contributed by atoms with Gasteiger partial charge >= 0.3 is 0 Å². The van der Waals surface area contributed by atoms with E-state index in [1.807, 2.05) is 0 Å². The number of carbonyl (C=O) groups is 2. The number of carbonyl (C=O) groups excluding carboxylic acids is 2. The molecular formula is C18H14N2O4. The van der Waals surface area contributed by atoms with Gasteiger partial charge < -0.3 is 5.73 Å². The van der Waals surface area contributed by atoms with Crippen molar-refractivity contribution >= 4 is 22.9 Å². The largest absolute Gasteiger partial charge is 0.398 e. The first-order chi connectivity index (χ1) is 11.5. The van der Waals surface area contributed by atoms with E-state index in [-0.39, 0.29) is 33.6 Å². The highest BCUT2D eigenvalue weighted by molar-refractivity contribution is 6.31. The van der Waals surface area contributed by atoms with Crippen LogP contribution in [-0.2, 0) is 6.42 Å². The van der Waals surface area contributed by atoms with Gasteiger partial charge in [0.1, 0.15) is 5.56 Å². The Morgan fingerprint density at radius 1 is 1.08 bits per heavy atom. The van der Waals surface area contributed by atoms with Crippen LogP contribution in [0.3, 0.4) is 0 Å². The third-order valence-corrected chi connectivity index (χ3v) is 4.63. The number of benzene rings is 2. The summed E-state index contributed by atoms with van der Waals surface area (Å²) in [5.74, 6) is -0.339. The van der Waals surface area contributed by atoms with Gasteiger partial charge in [-0.2, -0.15) is 0 Å². The molecule has 0 spiro atoms. The molecule has 4 rings (SSSR count). The van der Waals surface area contributed by atoms with Crippen LogP contribution >= 0.6 is 0 Å². The van der Waals surface area contributed by atoms with Crippen LogP contribution in [0.4, 0.5) is 11.4 Å². The molecular weight excluding hydrogens is 308 g/mol. The molecule has 2 N–H and O–H groups in total. The summed E-state index contributed by atoms with van der Waals surface area (Å²) in [7, 11) is 0. The van der Waals surface area contributed by atoms with E-state index in [0.29, 0.717) is 5.92 Å². The van der Waals surface area contributed by atoms with Gasteiger partial charge in [0.05, 0.1) is 10.5 Å². The number of rotatable bonds is 3. The van der Waals surface area contributed by atoms with E-state index in [4.69, 9.17) is 5.73 Å². The monoisotopic (exact) mass is 322 g/mol. The molecule has 0 heterocycles. The standard InChI is InChI=1S/C18H14N2O4/c19-13-8-10(6-9-4-5-9)7-12-15(13)17(21)11-2-1-3-14(20(23)24)16(11)18(12)22/h1-3,7-9H,4-6,19H2. The van der Waals surface area contributed by atoms with E-state index >= 15 is 0 Å². The Labute approximate surface area is 137 Å². The number of ketones is 2. The lowest BCUT2D eigenvalue weighted by molar-refractivity contribution is -0.385. The molecule has 6 nitrogen and oxygen atoms in total. The Bertz CT molecular complexity index is 929. The number of hydrogen-bond acceptors (Lipinski definition) is 5. The normalized spacial score (nSPS) is 15.8. The van der Waals surface area contributed by atoms with Crippen molar-refractivity contribution < 1.29 is 14.5 Å². The molecule has 0 radical (unpaired) electrons. The van der Waals surface area contributed by atoms with E-state index in [1.165, 1.54) is 18.2 Å². The van der Waals surface area contributed by atoms with Crippen molar-refractivity contribution in [3.05, 3.63) is 68.3 Å². The van der Waals surface area contributed by atoms with Crippen molar-refractivity contribution in [2.24, 2.45) is 5.92 Å². The van der Waals surface area contributed by atoms with Crippen molar-refractivity contribution in [1.82, 2.24) is 0 Å².